The molecule has 0 aromatic heterocycles. The molecule has 712 valence electrons. The largest absolute Gasteiger partial charge is 0.469 e. The van der Waals surface area contributed by atoms with E-state index in [0.717, 1.165) is 25.7 Å². The second-order valence-corrected chi connectivity index (χ2v) is 34.1. The van der Waals surface area contributed by atoms with Crippen molar-refractivity contribution in [3.05, 3.63) is 60.8 Å². The lowest BCUT2D eigenvalue weighted by Gasteiger charge is -2.21. The van der Waals surface area contributed by atoms with E-state index >= 15 is 0 Å². The van der Waals surface area contributed by atoms with E-state index in [1.165, 1.54) is 49.2 Å². The predicted molar refractivity (Wildman–Crippen MR) is 466 cm³/mol. The van der Waals surface area contributed by atoms with Crippen LogP contribution < -0.4 is 0 Å². The molecule has 0 aliphatic rings. The summed E-state index contributed by atoms with van der Waals surface area (Å²) in [5.74, 6) is -4.89. The molecule has 3 unspecified atom stereocenters. The van der Waals surface area contributed by atoms with Gasteiger partial charge in [0.05, 0.1) is 77.2 Å². The van der Waals surface area contributed by atoms with Crippen LogP contribution >= 0.6 is 0 Å². The first-order valence-corrected chi connectivity index (χ1v) is 40.8. The Morgan fingerprint density at radius 1 is 0.213 bits per heavy atom. The summed E-state index contributed by atoms with van der Waals surface area (Å²) < 4.78 is 66.8. The summed E-state index contributed by atoms with van der Waals surface area (Å²) >= 11 is 0. The van der Waals surface area contributed by atoms with Gasteiger partial charge in [0, 0.05) is 27.9 Å². The number of aliphatic hydroxyl groups excluding tert-OH is 3. The average molecular weight is 1750 g/mol. The van der Waals surface area contributed by atoms with Crippen molar-refractivity contribution in [2.45, 2.75) is 298 Å². The van der Waals surface area contributed by atoms with E-state index < -0.39 is 75.2 Å². The number of hydrogen-bond donors (Lipinski definition) is 3. The third-order valence-electron chi connectivity index (χ3n) is 19.0. The van der Waals surface area contributed by atoms with Crippen LogP contribution in [-0.2, 0) is 133 Å². The maximum atomic E-state index is 11.6. The van der Waals surface area contributed by atoms with Crippen LogP contribution in [0.3, 0.4) is 0 Å². The van der Waals surface area contributed by atoms with E-state index in [-0.39, 0.29) is 158 Å². The van der Waals surface area contributed by atoms with Crippen molar-refractivity contribution in [3.8, 4) is 0 Å². The summed E-state index contributed by atoms with van der Waals surface area (Å²) in [4.78, 5) is 156. The summed E-state index contributed by atoms with van der Waals surface area (Å²) in [5.41, 5.74) is -2.51. The Morgan fingerprint density at radius 2 is 0.328 bits per heavy atom. The van der Waals surface area contributed by atoms with E-state index in [4.69, 9.17) is 47.4 Å². The minimum absolute atomic E-state index is 0.0667. The van der Waals surface area contributed by atoms with Gasteiger partial charge in [0.25, 0.3) is 0 Å². The first-order chi connectivity index (χ1) is 55.4. The topological polar surface area (TPSA) is 429 Å². The quantitative estimate of drug-likeness (QED) is 0.0221. The molecule has 0 amide bonds. The Kier molecular flexibility index (Phi) is 71.7. The Bertz CT molecular complexity index is 2910. The second kappa shape index (κ2) is 66.7. The minimum atomic E-state index is -1.02. The van der Waals surface area contributed by atoms with Crippen LogP contribution in [0.5, 0.6) is 0 Å². The van der Waals surface area contributed by atoms with Gasteiger partial charge in [-0.25, -0.2) is 24.0 Å². The molecule has 0 aromatic rings. The van der Waals surface area contributed by atoms with Crippen LogP contribution in [0.1, 0.15) is 279 Å². The highest BCUT2D eigenvalue weighted by Crippen LogP contribution is 2.27. The highest BCUT2D eigenvalue weighted by atomic mass is 16.6. The van der Waals surface area contributed by atoms with Gasteiger partial charge >= 0.3 is 83.6 Å². The molecule has 3 N–H and O–H groups in total. The second-order valence-electron chi connectivity index (χ2n) is 34.1. The van der Waals surface area contributed by atoms with Crippen LogP contribution in [0.15, 0.2) is 60.8 Å². The maximum absolute atomic E-state index is 11.6. The number of esters is 14. The first-order valence-electron chi connectivity index (χ1n) is 40.8. The molecular weight excluding hydrogens is 1590 g/mol. The van der Waals surface area contributed by atoms with Crippen LogP contribution in [-0.4, -0.2) is 212 Å². The molecule has 122 heavy (non-hydrogen) atoms. The summed E-state index contributed by atoms with van der Waals surface area (Å²) in [6.45, 7) is 74.1. The standard InChI is InChI=1S/3C13H22O5.2C12H20O4.4C7H14O2/c3*1-6-13(4,5)12(16)18-8-10(14)7-17-11(15)9(2)3;2*1-6-12(4,5)11(14)16-8-7-15-10(13)9(2)3;4*1-5-7(2,3)6(8)9-4/h3*10,14H,2,6-8H2,1,3-5H3;2*2,6-8H2,1,3-5H3;4*5H2,1-4H3. The number of methoxy groups -OCH3 is 4. The molecule has 0 fully saturated rings. The van der Waals surface area contributed by atoms with E-state index in [2.05, 4.69) is 51.8 Å². The molecule has 0 saturated heterocycles. The van der Waals surface area contributed by atoms with Crippen molar-refractivity contribution in [3.63, 3.8) is 0 Å². The molecule has 0 bridgehead atoms. The SMILES string of the molecule is C=C(C)C(=O)OCC(O)COC(=O)C(C)(C)CC.C=C(C)C(=O)OCC(O)COC(=O)C(C)(C)CC.C=C(C)C(=O)OCC(O)COC(=O)C(C)(C)CC.C=C(C)C(=O)OCCOC(=O)C(C)(C)CC.C=C(C)C(=O)OCCOC(=O)C(C)(C)CC.CCC(C)(C)C(=O)OC.CCC(C)(C)C(=O)OC.CCC(C)(C)C(=O)OC.CCC(C)(C)C(=O)OC. The third kappa shape index (κ3) is 64.9. The molecule has 0 spiro atoms. The Morgan fingerprint density at radius 3 is 0.451 bits per heavy atom. The summed E-state index contributed by atoms with van der Waals surface area (Å²) in [6, 6.07) is 0. The fraction of sp³-hybridized carbons (Fsp3) is 0.736. The van der Waals surface area contributed by atoms with Crippen molar-refractivity contribution < 1.29 is 149 Å². The zero-order chi connectivity index (χ0) is 98.5. The summed E-state index contributed by atoms with van der Waals surface area (Å²) in [7, 11) is 5.67. The molecule has 0 saturated carbocycles. The van der Waals surface area contributed by atoms with Crippen molar-refractivity contribution in [2.75, 3.05) is 94.5 Å². The number of aliphatic hydroxyl groups is 3. The molecule has 0 aliphatic carbocycles. The van der Waals surface area contributed by atoms with Gasteiger partial charge in [-0.3, -0.25) is 43.2 Å². The van der Waals surface area contributed by atoms with Crippen LogP contribution in [0.25, 0.3) is 0 Å². The molecule has 0 aliphatic heterocycles. The zero-order valence-corrected chi connectivity index (χ0v) is 81.5. The fourth-order valence-corrected chi connectivity index (χ4v) is 5.71. The van der Waals surface area contributed by atoms with Gasteiger partial charge in [-0.2, -0.15) is 0 Å². The van der Waals surface area contributed by atoms with Gasteiger partial charge in [0.15, 0.2) is 0 Å². The number of carbonyl (C=O) groups excluding carboxylic acids is 14. The summed E-state index contributed by atoms with van der Waals surface area (Å²) in [5, 5.41) is 28.4. The van der Waals surface area contributed by atoms with Gasteiger partial charge in [-0.05, 0) is 217 Å². The number of rotatable bonds is 41. The van der Waals surface area contributed by atoms with Crippen molar-refractivity contribution in [1.29, 1.82) is 0 Å². The number of hydrogen-bond acceptors (Lipinski definition) is 31. The van der Waals surface area contributed by atoms with Crippen LogP contribution in [0, 0.1) is 48.7 Å². The molecular formula is C91H162O31. The molecule has 31 nitrogen and oxygen atoms in total. The summed E-state index contributed by atoms with van der Waals surface area (Å²) in [6.07, 6.45) is 3.55. The molecule has 3 atom stereocenters. The van der Waals surface area contributed by atoms with E-state index in [1.807, 2.05) is 145 Å². The van der Waals surface area contributed by atoms with Gasteiger partial charge in [-0.1, -0.05) is 95.2 Å². The lowest BCUT2D eigenvalue weighted by Crippen LogP contribution is -2.31. The molecule has 0 heterocycles. The van der Waals surface area contributed by atoms with Crippen molar-refractivity contribution >= 4 is 83.6 Å². The first kappa shape index (κ1) is 131. The third-order valence-corrected chi connectivity index (χ3v) is 19.0. The monoisotopic (exact) mass is 1750 g/mol. The predicted octanol–water partition coefficient (Wildman–Crippen LogP) is 14.9. The number of carbonyl (C=O) groups is 14. The normalized spacial score (nSPS) is 11.7. The van der Waals surface area contributed by atoms with Crippen molar-refractivity contribution in [2.24, 2.45) is 48.7 Å². The highest BCUT2D eigenvalue weighted by molar-refractivity contribution is 5.89. The molecule has 31 heteroatoms. The van der Waals surface area contributed by atoms with Gasteiger partial charge in [0.2, 0.25) is 0 Å². The Balaban J connectivity index is -0.000000171. The van der Waals surface area contributed by atoms with Gasteiger partial charge in [-0.15, -0.1) is 0 Å². The highest BCUT2D eigenvalue weighted by Gasteiger charge is 2.34. The Hall–Kier alpha value is -8.84. The van der Waals surface area contributed by atoms with Crippen molar-refractivity contribution in [1.82, 2.24) is 0 Å². The lowest BCUT2D eigenvalue weighted by molar-refractivity contribution is -0.160. The lowest BCUT2D eigenvalue weighted by atomic mass is 9.91. The zero-order valence-electron chi connectivity index (χ0n) is 81.5. The average Bonchev–Trinajstić information content (AvgIpc) is 0.894. The van der Waals surface area contributed by atoms with E-state index in [0.29, 0.717) is 43.3 Å². The maximum Gasteiger partial charge on any atom is 0.333 e. The number of ether oxygens (including phenoxy) is 14. The van der Waals surface area contributed by atoms with Crippen LogP contribution in [0.4, 0.5) is 0 Å². The molecule has 0 rings (SSSR count). The van der Waals surface area contributed by atoms with Crippen LogP contribution in [0.2, 0.25) is 0 Å². The fourth-order valence-electron chi connectivity index (χ4n) is 5.71. The smallest absolute Gasteiger partial charge is 0.333 e. The minimum Gasteiger partial charge on any atom is -0.469 e. The molecule has 0 radical (unpaired) electrons. The molecule has 0 aromatic carbocycles. The Labute approximate surface area is 730 Å². The van der Waals surface area contributed by atoms with Gasteiger partial charge in [0.1, 0.15) is 84.4 Å². The van der Waals surface area contributed by atoms with E-state index in [9.17, 15) is 82.4 Å². The van der Waals surface area contributed by atoms with Gasteiger partial charge < -0.3 is 81.6 Å². The van der Waals surface area contributed by atoms with E-state index in [1.54, 1.807) is 55.4 Å².